The standard InChI is InChI=1S/C20H23FN8.C19H21FN8O2.C19H23FN8O.C19H21FN8/c21-14-8-6-13(7-9-14)16-5-2-10-29(16)20-25-18(22)24-19(26-20)23-17-11-15(27-28-17)12-3-1-4-12;1-2-30-16(29)13-10-15(27-26-13)22-18-23-17(21)24-19(25-18)28-9-3-4-14(28)11-5-7-12(20)8-6-11;1-11(2)29-16-10-15(26-27-16)22-18-23-17(21)24-19(25-18)28-9-3-4-14(28)12-5-7-13(20)8-6-12;1-2-4-14-11-16(27-26-14)22-18-23-17(21)24-19(25-18)28-10-3-5-15(28)12-6-8-13(20)9-7-12/h6-9,11-12,16H,1-5,10H2,(H4,22,23,24,25,26,27,28);5-8,10,14H,2-4,9H2,1H3,(H4,21,22,23,24,25,26,27);5-8,10-11,14H,3-4,9H2,1-2H3,(H4,21,22,23,24,25,26,27);2,4,6-9,11,15H,3,5,10H2,1H3,(H4,21,22,23,24,25,26,27)/b;;;4-2+. The van der Waals surface area contributed by atoms with Gasteiger partial charge in [-0.1, -0.05) is 61.0 Å². The van der Waals surface area contributed by atoms with Crippen molar-refractivity contribution in [3.05, 3.63) is 190 Å². The first-order chi connectivity index (χ1) is 56.3. The summed E-state index contributed by atoms with van der Waals surface area (Å²) in [6.07, 6.45) is 15.1. The molecule has 1 saturated carbocycles. The molecule has 0 spiro atoms. The number of hydrogen-bond donors (Lipinski definition) is 12. The normalized spacial score (nSPS) is 17.1. The molecule has 39 heteroatoms. The maximum atomic E-state index is 13.3. The zero-order valence-electron chi connectivity index (χ0n) is 64.0. The molecule has 4 unspecified atom stereocenters. The first-order valence-electron chi connectivity index (χ1n) is 38.2. The van der Waals surface area contributed by atoms with Crippen LogP contribution < -0.4 is 68.5 Å². The third-order valence-corrected chi connectivity index (χ3v) is 19.7. The minimum Gasteiger partial charge on any atom is -0.474 e. The quantitative estimate of drug-likeness (QED) is 0.0221. The summed E-state index contributed by atoms with van der Waals surface area (Å²) < 4.78 is 63.6. The van der Waals surface area contributed by atoms with Gasteiger partial charge in [-0.3, -0.25) is 20.4 Å². The molecule has 17 rings (SSSR count). The molecule has 4 atom stereocenters. The van der Waals surface area contributed by atoms with Crippen LogP contribution in [-0.4, -0.2) is 145 Å². The molecular weight excluding hydrogens is 1500 g/mol. The summed E-state index contributed by atoms with van der Waals surface area (Å²) >= 11 is 0. The van der Waals surface area contributed by atoms with Crippen LogP contribution in [0, 0.1) is 23.3 Å². The Morgan fingerprint density at radius 3 is 1.20 bits per heavy atom. The number of carbonyl (C=O) groups excluding carboxylic acids is 1. The van der Waals surface area contributed by atoms with Crippen molar-refractivity contribution < 1.29 is 31.8 Å². The van der Waals surface area contributed by atoms with Gasteiger partial charge in [0.25, 0.3) is 0 Å². The van der Waals surface area contributed by atoms with E-state index in [0.29, 0.717) is 76.7 Å². The van der Waals surface area contributed by atoms with E-state index in [4.69, 9.17) is 32.4 Å². The number of nitrogen functional groups attached to an aromatic ring is 4. The van der Waals surface area contributed by atoms with Gasteiger partial charge >= 0.3 is 5.97 Å². The van der Waals surface area contributed by atoms with Crippen molar-refractivity contribution >= 4 is 107 Å². The molecule has 12 heterocycles. The number of H-pyrrole nitrogens is 4. The first kappa shape index (κ1) is 78.8. The van der Waals surface area contributed by atoms with Crippen LogP contribution in [0.4, 0.5) is 112 Å². The molecular formula is C77H88F4N32O3. The lowest BCUT2D eigenvalue weighted by molar-refractivity contribution is 0.0519. The second kappa shape index (κ2) is 36.3. The molecule has 116 heavy (non-hydrogen) atoms. The predicted octanol–water partition coefficient (Wildman–Crippen LogP) is 12.9. The smallest absolute Gasteiger partial charge is 0.356 e. The number of anilines is 16. The van der Waals surface area contributed by atoms with Gasteiger partial charge in [-0.15, -0.1) is 5.10 Å². The molecule has 4 aliphatic heterocycles. The zero-order chi connectivity index (χ0) is 80.8. The minimum atomic E-state index is -0.506. The summed E-state index contributed by atoms with van der Waals surface area (Å²) in [5.41, 5.74) is 30.0. The molecule has 0 radical (unpaired) electrons. The number of hydrogen-bond acceptors (Lipinski definition) is 31. The zero-order valence-corrected chi connectivity index (χ0v) is 64.0. The van der Waals surface area contributed by atoms with Gasteiger partial charge in [0.2, 0.25) is 77.3 Å². The van der Waals surface area contributed by atoms with Crippen LogP contribution in [0.1, 0.15) is 173 Å². The van der Waals surface area contributed by atoms with Gasteiger partial charge in [0.1, 0.15) is 34.8 Å². The summed E-state index contributed by atoms with van der Waals surface area (Å²) in [4.78, 5) is 72.0. The van der Waals surface area contributed by atoms with Gasteiger partial charge < -0.3 is 73.3 Å². The van der Waals surface area contributed by atoms with E-state index in [-0.39, 0.29) is 95.6 Å². The lowest BCUT2D eigenvalue weighted by Crippen LogP contribution is -2.25. The van der Waals surface area contributed by atoms with Crippen LogP contribution in [0.2, 0.25) is 0 Å². The monoisotopic (exact) mass is 1580 g/mol. The topological polar surface area (TPSA) is 470 Å². The number of esters is 1. The highest BCUT2D eigenvalue weighted by molar-refractivity contribution is 5.88. The van der Waals surface area contributed by atoms with Crippen molar-refractivity contribution in [3.8, 4) is 5.88 Å². The number of aromatic amines is 4. The van der Waals surface area contributed by atoms with Crippen LogP contribution in [0.15, 0.2) is 127 Å². The van der Waals surface area contributed by atoms with Crippen molar-refractivity contribution in [2.24, 2.45) is 0 Å². The minimum absolute atomic E-state index is 0.0149. The summed E-state index contributed by atoms with van der Waals surface area (Å²) in [5, 5.41) is 40.2. The van der Waals surface area contributed by atoms with E-state index in [1.165, 1.54) is 73.9 Å². The Morgan fingerprint density at radius 2 is 0.828 bits per heavy atom. The Bertz CT molecular complexity index is 5300. The van der Waals surface area contributed by atoms with Crippen LogP contribution in [0.5, 0.6) is 5.88 Å². The SMILES string of the molecule is C/C=C/c1cc(Nc2nc(N)nc(N3CCCC3c3ccc(F)cc3)n2)n[nH]1.CC(C)Oc1cc(Nc2nc(N)nc(N3CCCC3c3ccc(F)cc3)n2)[nH]n1.CCOC(=O)c1cc(Nc2nc(N)nc(N3CCCC3c3ccc(F)cc3)n2)n[nH]1.Nc1nc(Nc2cc(C3CCC3)[nH]n2)nc(N2CCCC2c2ccc(F)cc2)n1. The van der Waals surface area contributed by atoms with Crippen LogP contribution >= 0.6 is 0 Å². The fourth-order valence-electron chi connectivity index (χ4n) is 14.2. The Hall–Kier alpha value is -13.9. The van der Waals surface area contributed by atoms with E-state index in [1.807, 2.05) is 62.1 Å². The Balaban J connectivity index is 0.000000128. The summed E-state index contributed by atoms with van der Waals surface area (Å²) in [6.45, 7) is 10.9. The molecule has 16 N–H and O–H groups in total. The van der Waals surface area contributed by atoms with Crippen molar-refractivity contribution in [1.29, 1.82) is 0 Å². The van der Waals surface area contributed by atoms with E-state index >= 15 is 0 Å². The number of ether oxygens (including phenoxy) is 2. The number of halogens is 4. The second-order valence-electron chi connectivity index (χ2n) is 28.1. The molecule has 5 aliphatic rings. The number of aromatic nitrogens is 20. The Labute approximate surface area is 663 Å². The molecule has 0 amide bonds. The van der Waals surface area contributed by atoms with Gasteiger partial charge in [0.15, 0.2) is 17.5 Å². The predicted molar refractivity (Wildman–Crippen MR) is 430 cm³/mol. The number of nitrogens with one attached hydrogen (secondary N) is 8. The molecule has 5 fully saturated rings. The highest BCUT2D eigenvalue weighted by Gasteiger charge is 2.34. The van der Waals surface area contributed by atoms with E-state index in [9.17, 15) is 22.4 Å². The number of nitrogens with zero attached hydrogens (tertiary/aromatic N) is 20. The molecule has 4 aromatic carbocycles. The van der Waals surface area contributed by atoms with Crippen LogP contribution in [0.25, 0.3) is 6.08 Å². The first-order valence-corrected chi connectivity index (χ1v) is 38.2. The molecule has 602 valence electrons. The summed E-state index contributed by atoms with van der Waals surface area (Å²) in [5.74, 6) is 5.21. The van der Waals surface area contributed by atoms with E-state index < -0.39 is 5.97 Å². The summed E-state index contributed by atoms with van der Waals surface area (Å²) in [7, 11) is 0. The lowest BCUT2D eigenvalue weighted by Gasteiger charge is -2.25. The largest absolute Gasteiger partial charge is 0.474 e. The van der Waals surface area contributed by atoms with Crippen LogP contribution in [0.3, 0.4) is 0 Å². The van der Waals surface area contributed by atoms with Crippen molar-refractivity contribution in [2.45, 2.75) is 135 Å². The maximum absolute atomic E-state index is 13.3. The fourth-order valence-corrected chi connectivity index (χ4v) is 14.2. The number of carbonyl (C=O) groups is 1. The summed E-state index contributed by atoms with van der Waals surface area (Å²) in [6, 6.07) is 33.4. The number of benzene rings is 4. The van der Waals surface area contributed by atoms with Crippen LogP contribution in [-0.2, 0) is 4.74 Å². The highest BCUT2D eigenvalue weighted by atomic mass is 19.1. The van der Waals surface area contributed by atoms with Crippen molar-refractivity contribution in [2.75, 3.05) is 96.6 Å². The second-order valence-corrected chi connectivity index (χ2v) is 28.1. The Kier molecular flexibility index (Phi) is 24.6. The third kappa shape index (κ3) is 19.9. The number of allylic oxidation sites excluding steroid dienone is 1. The lowest BCUT2D eigenvalue weighted by atomic mass is 9.83. The van der Waals surface area contributed by atoms with Gasteiger partial charge in [0.05, 0.1) is 42.6 Å². The van der Waals surface area contributed by atoms with Gasteiger partial charge in [0, 0.05) is 62.1 Å². The average Bonchev–Trinajstić information content (AvgIpc) is 1.65. The molecule has 35 nitrogen and oxygen atoms in total. The molecule has 8 aromatic heterocycles. The fraction of sp³-hybridized carbons (Fsp3) is 0.338. The van der Waals surface area contributed by atoms with E-state index in [2.05, 4.69) is 137 Å². The van der Waals surface area contributed by atoms with E-state index in [1.54, 1.807) is 49.4 Å². The van der Waals surface area contributed by atoms with Gasteiger partial charge in [-0.05, 0) is 169 Å². The van der Waals surface area contributed by atoms with Gasteiger partial charge in [-0.25, -0.2) is 22.4 Å². The van der Waals surface area contributed by atoms with Crippen molar-refractivity contribution in [1.82, 2.24) is 101 Å². The molecule has 12 aromatic rings. The Morgan fingerprint density at radius 1 is 0.457 bits per heavy atom. The maximum Gasteiger partial charge on any atom is 0.356 e. The average molecular weight is 1590 g/mol. The third-order valence-electron chi connectivity index (χ3n) is 19.7. The number of rotatable bonds is 22. The molecule has 0 bridgehead atoms. The van der Waals surface area contributed by atoms with Crippen molar-refractivity contribution in [3.63, 3.8) is 0 Å². The molecule has 1 aliphatic carbocycles. The highest BCUT2D eigenvalue weighted by Crippen LogP contribution is 2.41. The van der Waals surface area contributed by atoms with E-state index in [0.717, 1.165) is 111 Å². The number of nitrogens with two attached hydrogens (primary N) is 4. The molecule has 4 saturated heterocycles. The van der Waals surface area contributed by atoms with Gasteiger partial charge in [-0.2, -0.15) is 75.1 Å².